The minimum atomic E-state index is -0.294. The van der Waals surface area contributed by atoms with E-state index in [9.17, 15) is 9.59 Å². The first kappa shape index (κ1) is 17.0. The van der Waals surface area contributed by atoms with Crippen LogP contribution in [-0.2, 0) is 11.2 Å². The number of pyridine rings is 1. The number of aromatic nitrogens is 1. The second-order valence-corrected chi connectivity index (χ2v) is 5.55. The van der Waals surface area contributed by atoms with E-state index in [4.69, 9.17) is 11.6 Å². The summed E-state index contributed by atoms with van der Waals surface area (Å²) in [4.78, 5) is 29.5. The molecule has 5 nitrogen and oxygen atoms in total. The maximum Gasteiger partial charge on any atom is 0.251 e. The van der Waals surface area contributed by atoms with Gasteiger partial charge in [-0.25, -0.2) is 0 Å². The smallest absolute Gasteiger partial charge is 0.251 e. The summed E-state index contributed by atoms with van der Waals surface area (Å²) in [5, 5.41) is 3.18. The lowest BCUT2D eigenvalue weighted by Crippen LogP contribution is -2.39. The van der Waals surface area contributed by atoms with Gasteiger partial charge in [-0.1, -0.05) is 11.6 Å². The predicted octanol–water partition coefficient (Wildman–Crippen LogP) is 2.17. The van der Waals surface area contributed by atoms with Gasteiger partial charge in [-0.15, -0.1) is 0 Å². The molecule has 23 heavy (non-hydrogen) atoms. The molecule has 2 rings (SSSR count). The maximum atomic E-state index is 12.0. The Bertz CT molecular complexity index is 659. The summed E-state index contributed by atoms with van der Waals surface area (Å²) in [7, 11) is 1.72. The van der Waals surface area contributed by atoms with Crippen LogP contribution >= 0.6 is 11.6 Å². The highest BCUT2D eigenvalue weighted by Crippen LogP contribution is 2.09. The van der Waals surface area contributed by atoms with Gasteiger partial charge in [0.05, 0.1) is 6.54 Å². The average molecular weight is 332 g/mol. The Morgan fingerprint density at radius 3 is 2.43 bits per heavy atom. The number of hydrogen-bond acceptors (Lipinski definition) is 3. The lowest BCUT2D eigenvalue weighted by atomic mass is 10.2. The molecule has 0 atom stereocenters. The maximum absolute atomic E-state index is 12.0. The van der Waals surface area contributed by atoms with Crippen molar-refractivity contribution in [3.8, 4) is 0 Å². The number of rotatable bonds is 6. The number of likely N-dealkylation sites (N-methyl/N-ethyl adjacent to an activating group) is 1. The molecule has 0 aliphatic heterocycles. The van der Waals surface area contributed by atoms with Crippen LogP contribution in [0.25, 0.3) is 0 Å². The van der Waals surface area contributed by atoms with Crippen molar-refractivity contribution < 1.29 is 9.59 Å². The Labute approximate surface area is 140 Å². The highest BCUT2D eigenvalue weighted by molar-refractivity contribution is 6.30. The summed E-state index contributed by atoms with van der Waals surface area (Å²) in [5.74, 6) is -0.432. The number of hydrogen-bond donors (Lipinski definition) is 1. The molecule has 0 aliphatic carbocycles. The summed E-state index contributed by atoms with van der Waals surface area (Å²) in [6, 6.07) is 10.4. The highest BCUT2D eigenvalue weighted by Gasteiger charge is 2.11. The number of amides is 2. The normalized spacial score (nSPS) is 10.2. The number of nitrogens with one attached hydrogen (secondary N) is 1. The summed E-state index contributed by atoms with van der Waals surface area (Å²) in [6.07, 6.45) is 4.20. The zero-order valence-corrected chi connectivity index (χ0v) is 13.6. The first-order valence-electron chi connectivity index (χ1n) is 7.23. The zero-order chi connectivity index (χ0) is 16.7. The van der Waals surface area contributed by atoms with Gasteiger partial charge >= 0.3 is 0 Å². The van der Waals surface area contributed by atoms with Crippen molar-refractivity contribution in [2.45, 2.75) is 6.42 Å². The third-order valence-electron chi connectivity index (χ3n) is 3.42. The van der Waals surface area contributed by atoms with E-state index in [1.54, 1.807) is 48.6 Å². The van der Waals surface area contributed by atoms with Gasteiger partial charge in [-0.3, -0.25) is 14.6 Å². The van der Waals surface area contributed by atoms with Crippen LogP contribution in [0.15, 0.2) is 48.8 Å². The molecule has 0 fully saturated rings. The third kappa shape index (κ3) is 5.38. The number of carbonyl (C=O) groups excluding carboxylic acids is 2. The topological polar surface area (TPSA) is 62.3 Å². The largest absolute Gasteiger partial charge is 0.344 e. The van der Waals surface area contributed by atoms with Crippen molar-refractivity contribution in [3.63, 3.8) is 0 Å². The summed E-state index contributed by atoms with van der Waals surface area (Å²) in [6.45, 7) is 0.550. The molecule has 0 spiro atoms. The van der Waals surface area contributed by atoms with Gasteiger partial charge in [-0.2, -0.15) is 0 Å². The SMILES string of the molecule is CN(CCc1ccncc1)C(=O)CNC(=O)c1ccc(Cl)cc1. The van der Waals surface area contributed by atoms with E-state index in [1.165, 1.54) is 0 Å². The number of carbonyl (C=O) groups is 2. The minimum Gasteiger partial charge on any atom is -0.344 e. The van der Waals surface area contributed by atoms with E-state index in [0.29, 0.717) is 17.1 Å². The predicted molar refractivity (Wildman–Crippen MR) is 89.4 cm³/mol. The molecule has 0 aliphatic rings. The molecule has 0 bridgehead atoms. The van der Waals surface area contributed by atoms with E-state index >= 15 is 0 Å². The Balaban J connectivity index is 1.77. The third-order valence-corrected chi connectivity index (χ3v) is 3.67. The fourth-order valence-electron chi connectivity index (χ4n) is 1.97. The molecule has 6 heteroatoms. The van der Waals surface area contributed by atoms with Crippen LogP contribution in [-0.4, -0.2) is 41.8 Å². The van der Waals surface area contributed by atoms with E-state index < -0.39 is 0 Å². The van der Waals surface area contributed by atoms with Gasteiger partial charge in [-0.05, 0) is 48.4 Å². The van der Waals surface area contributed by atoms with Gasteiger partial charge in [0.2, 0.25) is 5.91 Å². The summed E-state index contributed by atoms with van der Waals surface area (Å²) >= 11 is 5.77. The lowest BCUT2D eigenvalue weighted by molar-refractivity contribution is -0.128. The average Bonchev–Trinajstić information content (AvgIpc) is 2.58. The Morgan fingerprint density at radius 2 is 1.78 bits per heavy atom. The van der Waals surface area contributed by atoms with Crippen molar-refractivity contribution >= 4 is 23.4 Å². The van der Waals surface area contributed by atoms with Crippen molar-refractivity contribution in [3.05, 3.63) is 64.9 Å². The molecule has 2 amide bonds. The molecule has 0 unspecified atom stereocenters. The van der Waals surface area contributed by atoms with Crippen LogP contribution in [0.1, 0.15) is 15.9 Å². The molecule has 0 saturated carbocycles. The Morgan fingerprint density at radius 1 is 1.13 bits per heavy atom. The molecule has 1 N–H and O–H groups in total. The number of halogens is 1. The van der Waals surface area contributed by atoms with Gasteiger partial charge < -0.3 is 10.2 Å². The number of benzene rings is 1. The molecule has 1 aromatic carbocycles. The molecular formula is C17H18ClN3O2. The minimum absolute atomic E-state index is 0.0334. The van der Waals surface area contributed by atoms with Gasteiger partial charge in [0.15, 0.2) is 0 Å². The van der Waals surface area contributed by atoms with Gasteiger partial charge in [0.1, 0.15) is 0 Å². The van der Waals surface area contributed by atoms with Crippen LogP contribution in [0.3, 0.4) is 0 Å². The molecule has 1 aromatic heterocycles. The highest BCUT2D eigenvalue weighted by atomic mass is 35.5. The number of nitrogens with zero attached hydrogens (tertiary/aromatic N) is 2. The van der Waals surface area contributed by atoms with Crippen molar-refractivity contribution in [1.82, 2.24) is 15.2 Å². The molecule has 0 radical (unpaired) electrons. The molecule has 120 valence electrons. The summed E-state index contributed by atoms with van der Waals surface area (Å²) in [5.41, 5.74) is 1.59. The molecule has 1 heterocycles. The second-order valence-electron chi connectivity index (χ2n) is 5.11. The van der Waals surface area contributed by atoms with Crippen molar-refractivity contribution in [2.24, 2.45) is 0 Å². The van der Waals surface area contributed by atoms with E-state index in [1.807, 2.05) is 12.1 Å². The standard InChI is InChI=1S/C17H18ClN3O2/c1-21(11-8-13-6-9-19-10-7-13)16(22)12-20-17(23)14-2-4-15(18)5-3-14/h2-7,9-10H,8,11-12H2,1H3,(H,20,23). The van der Waals surface area contributed by atoms with E-state index in [-0.39, 0.29) is 18.4 Å². The lowest BCUT2D eigenvalue weighted by Gasteiger charge is -2.17. The van der Waals surface area contributed by atoms with Crippen molar-refractivity contribution in [1.29, 1.82) is 0 Å². The van der Waals surface area contributed by atoms with Crippen molar-refractivity contribution in [2.75, 3.05) is 20.1 Å². The zero-order valence-electron chi connectivity index (χ0n) is 12.8. The summed E-state index contributed by atoms with van der Waals surface area (Å²) < 4.78 is 0. The van der Waals surface area contributed by atoms with Gasteiger partial charge in [0.25, 0.3) is 5.91 Å². The van der Waals surface area contributed by atoms with Crippen LogP contribution in [0, 0.1) is 0 Å². The van der Waals surface area contributed by atoms with E-state index in [2.05, 4.69) is 10.3 Å². The van der Waals surface area contributed by atoms with Crippen LogP contribution < -0.4 is 5.32 Å². The molecule has 2 aromatic rings. The quantitative estimate of drug-likeness (QED) is 0.882. The van der Waals surface area contributed by atoms with Gasteiger partial charge in [0, 0.05) is 36.6 Å². The first-order valence-corrected chi connectivity index (χ1v) is 7.60. The fourth-order valence-corrected chi connectivity index (χ4v) is 2.09. The van der Waals surface area contributed by atoms with Crippen LogP contribution in [0.2, 0.25) is 5.02 Å². The van der Waals surface area contributed by atoms with E-state index in [0.717, 1.165) is 12.0 Å². The Kier molecular flexibility index (Phi) is 6.11. The second kappa shape index (κ2) is 8.29. The van der Waals surface area contributed by atoms with Crippen LogP contribution in [0.4, 0.5) is 0 Å². The monoisotopic (exact) mass is 331 g/mol. The van der Waals surface area contributed by atoms with Crippen LogP contribution in [0.5, 0.6) is 0 Å². The molecular weight excluding hydrogens is 314 g/mol. The molecule has 0 saturated heterocycles. The first-order chi connectivity index (χ1) is 11.1. The fraction of sp³-hybridized carbons (Fsp3) is 0.235. The Hall–Kier alpha value is -2.40.